The predicted octanol–water partition coefficient (Wildman–Crippen LogP) is 5.36. The summed E-state index contributed by atoms with van der Waals surface area (Å²) in [5.41, 5.74) is -0.0230. The van der Waals surface area contributed by atoms with Crippen LogP contribution in [0.3, 0.4) is 0 Å². The summed E-state index contributed by atoms with van der Waals surface area (Å²) in [6.07, 6.45) is -3.91. The molecule has 2 aromatic rings. The van der Waals surface area contributed by atoms with Crippen molar-refractivity contribution in [1.29, 1.82) is 0 Å². The molecule has 0 aliphatic heterocycles. The number of rotatable bonds is 3. The summed E-state index contributed by atoms with van der Waals surface area (Å²) in [6, 6.07) is 17.1. The van der Waals surface area contributed by atoms with Gasteiger partial charge in [-0.3, -0.25) is 0 Å². The van der Waals surface area contributed by atoms with Gasteiger partial charge < -0.3 is 0 Å². The molecular formula is C18H15F3. The summed E-state index contributed by atoms with van der Waals surface area (Å²) in [5.74, 6) is 0. The maximum absolute atomic E-state index is 13.9. The van der Waals surface area contributed by atoms with Crippen LogP contribution in [0, 0.1) is 0 Å². The van der Waals surface area contributed by atoms with Crippen LogP contribution in [-0.2, 0) is 5.41 Å². The van der Waals surface area contributed by atoms with Crippen molar-refractivity contribution in [3.63, 3.8) is 0 Å². The minimum atomic E-state index is -4.31. The smallest absolute Gasteiger partial charge is 0.169 e. The summed E-state index contributed by atoms with van der Waals surface area (Å²) < 4.78 is 41.7. The van der Waals surface area contributed by atoms with Crippen molar-refractivity contribution in [3.8, 4) is 0 Å². The van der Waals surface area contributed by atoms with E-state index in [9.17, 15) is 13.2 Å². The Bertz CT molecular complexity index is 669. The van der Waals surface area contributed by atoms with E-state index in [1.165, 1.54) is 0 Å². The lowest BCUT2D eigenvalue weighted by molar-refractivity contribution is -0.153. The highest BCUT2D eigenvalue weighted by molar-refractivity contribution is 5.97. The fourth-order valence-corrected chi connectivity index (χ4v) is 3.25. The molecule has 1 atom stereocenters. The topological polar surface area (TPSA) is 0 Å². The molecule has 3 rings (SSSR count). The lowest BCUT2D eigenvalue weighted by Gasteiger charge is -2.24. The van der Waals surface area contributed by atoms with Gasteiger partial charge in [0.2, 0.25) is 0 Å². The molecule has 0 radical (unpaired) electrons. The Labute approximate surface area is 121 Å². The molecule has 108 valence electrons. The quantitative estimate of drug-likeness (QED) is 0.712. The summed E-state index contributed by atoms with van der Waals surface area (Å²) in [6.45, 7) is 1.79. The summed E-state index contributed by atoms with van der Waals surface area (Å²) in [4.78, 5) is 0. The van der Waals surface area contributed by atoms with Gasteiger partial charge in [0.05, 0.1) is 0 Å². The average Bonchev–Trinajstić information content (AvgIpc) is 3.19. The van der Waals surface area contributed by atoms with E-state index in [0.717, 1.165) is 0 Å². The van der Waals surface area contributed by atoms with E-state index in [4.69, 9.17) is 0 Å². The van der Waals surface area contributed by atoms with Crippen molar-refractivity contribution in [2.45, 2.75) is 24.9 Å². The van der Waals surface area contributed by atoms with Gasteiger partial charge in [-0.05, 0) is 28.7 Å². The standard InChI is InChI=1S/C18H15F3/c1-2-15-16(13-9-5-3-6-10-13)17(15,18(19,20)21)14-11-7-4-8-12-14/h3-12H,2H2,1H3. The van der Waals surface area contributed by atoms with E-state index in [1.807, 2.05) is 6.07 Å². The zero-order valence-electron chi connectivity index (χ0n) is 11.6. The van der Waals surface area contributed by atoms with Crippen LogP contribution in [0.5, 0.6) is 0 Å². The molecule has 1 unspecified atom stereocenters. The largest absolute Gasteiger partial charge is 0.406 e. The minimum Gasteiger partial charge on any atom is -0.169 e. The molecule has 1 aliphatic rings. The number of alkyl halides is 3. The van der Waals surface area contributed by atoms with E-state index < -0.39 is 11.6 Å². The molecule has 0 N–H and O–H groups in total. The van der Waals surface area contributed by atoms with Gasteiger partial charge in [-0.15, -0.1) is 0 Å². The summed E-state index contributed by atoms with van der Waals surface area (Å²) in [7, 11) is 0. The van der Waals surface area contributed by atoms with Crippen LogP contribution < -0.4 is 0 Å². The lowest BCUT2D eigenvalue weighted by atomic mass is 9.85. The molecule has 3 heteroatoms. The maximum Gasteiger partial charge on any atom is 0.406 e. The molecular weight excluding hydrogens is 273 g/mol. The highest BCUT2D eigenvalue weighted by Crippen LogP contribution is 2.68. The fraction of sp³-hybridized carbons (Fsp3) is 0.222. The van der Waals surface area contributed by atoms with Gasteiger partial charge in [0.1, 0.15) is 5.41 Å². The Hall–Kier alpha value is -2.03. The van der Waals surface area contributed by atoms with E-state index in [-0.39, 0.29) is 0 Å². The van der Waals surface area contributed by atoms with Crippen LogP contribution in [0.1, 0.15) is 24.5 Å². The van der Waals surface area contributed by atoms with Crippen LogP contribution >= 0.6 is 0 Å². The Balaban J connectivity index is 2.17. The SMILES string of the molecule is CCC1=C(c2ccccc2)C1(c1ccccc1)C(F)(F)F. The van der Waals surface area contributed by atoms with Gasteiger partial charge in [-0.1, -0.05) is 67.6 Å². The molecule has 0 saturated heterocycles. The zero-order valence-corrected chi connectivity index (χ0v) is 11.6. The van der Waals surface area contributed by atoms with E-state index in [2.05, 4.69) is 0 Å². The number of hydrogen-bond donors (Lipinski definition) is 0. The van der Waals surface area contributed by atoms with Crippen molar-refractivity contribution >= 4 is 5.57 Å². The summed E-state index contributed by atoms with van der Waals surface area (Å²) >= 11 is 0. The van der Waals surface area contributed by atoms with Gasteiger partial charge in [-0.2, -0.15) is 13.2 Å². The van der Waals surface area contributed by atoms with Gasteiger partial charge in [0.15, 0.2) is 0 Å². The average molecular weight is 288 g/mol. The molecule has 0 fully saturated rings. The van der Waals surface area contributed by atoms with Crippen molar-refractivity contribution < 1.29 is 13.2 Å². The normalized spacial score (nSPS) is 21.5. The first-order valence-electron chi connectivity index (χ1n) is 6.95. The molecule has 0 aromatic heterocycles. The highest BCUT2D eigenvalue weighted by Gasteiger charge is 2.69. The van der Waals surface area contributed by atoms with E-state index in [0.29, 0.717) is 28.7 Å². The third-order valence-corrected chi connectivity index (χ3v) is 4.11. The van der Waals surface area contributed by atoms with Gasteiger partial charge in [-0.25, -0.2) is 0 Å². The minimum absolute atomic E-state index is 0.313. The maximum atomic E-state index is 13.9. The third kappa shape index (κ3) is 1.91. The lowest BCUT2D eigenvalue weighted by Crippen LogP contribution is -2.33. The Kier molecular flexibility index (Phi) is 3.16. The van der Waals surface area contributed by atoms with E-state index >= 15 is 0 Å². The molecule has 0 amide bonds. The van der Waals surface area contributed by atoms with Crippen molar-refractivity contribution in [1.82, 2.24) is 0 Å². The predicted molar refractivity (Wildman–Crippen MR) is 77.8 cm³/mol. The molecule has 0 heterocycles. The van der Waals surface area contributed by atoms with Crippen LogP contribution in [0.15, 0.2) is 66.2 Å². The number of benzene rings is 2. The van der Waals surface area contributed by atoms with Crippen LogP contribution in [-0.4, -0.2) is 6.18 Å². The van der Waals surface area contributed by atoms with Gasteiger partial charge in [0.25, 0.3) is 0 Å². The molecule has 21 heavy (non-hydrogen) atoms. The zero-order chi connectivity index (χ0) is 15.1. The Morgan fingerprint density at radius 1 is 0.857 bits per heavy atom. The molecule has 2 aromatic carbocycles. The van der Waals surface area contributed by atoms with Crippen LogP contribution in [0.25, 0.3) is 5.57 Å². The molecule has 0 bridgehead atoms. The second kappa shape index (κ2) is 4.76. The highest BCUT2D eigenvalue weighted by atomic mass is 19.4. The van der Waals surface area contributed by atoms with Crippen LogP contribution in [0.2, 0.25) is 0 Å². The molecule has 0 nitrogen and oxygen atoms in total. The molecule has 0 saturated carbocycles. The number of halogens is 3. The number of allylic oxidation sites excluding steroid dienone is 2. The van der Waals surface area contributed by atoms with E-state index in [1.54, 1.807) is 61.5 Å². The fourth-order valence-electron chi connectivity index (χ4n) is 3.25. The summed E-state index contributed by atoms with van der Waals surface area (Å²) in [5, 5.41) is 0. The first kappa shape index (κ1) is 13.9. The Morgan fingerprint density at radius 2 is 1.38 bits per heavy atom. The van der Waals surface area contributed by atoms with Gasteiger partial charge >= 0.3 is 6.18 Å². The second-order valence-electron chi connectivity index (χ2n) is 5.19. The first-order valence-corrected chi connectivity index (χ1v) is 6.95. The Morgan fingerprint density at radius 3 is 1.86 bits per heavy atom. The van der Waals surface area contributed by atoms with Crippen molar-refractivity contribution in [2.75, 3.05) is 0 Å². The van der Waals surface area contributed by atoms with Crippen LogP contribution in [0.4, 0.5) is 13.2 Å². The first-order chi connectivity index (χ1) is 10.0. The second-order valence-corrected chi connectivity index (χ2v) is 5.19. The number of hydrogen-bond acceptors (Lipinski definition) is 0. The molecule has 0 spiro atoms. The van der Waals surface area contributed by atoms with Crippen molar-refractivity contribution in [2.24, 2.45) is 0 Å². The monoisotopic (exact) mass is 288 g/mol. The molecule has 1 aliphatic carbocycles. The van der Waals surface area contributed by atoms with Crippen molar-refractivity contribution in [3.05, 3.63) is 77.4 Å². The third-order valence-electron chi connectivity index (χ3n) is 4.11. The van der Waals surface area contributed by atoms with Gasteiger partial charge in [0, 0.05) is 0 Å².